The monoisotopic (exact) mass is 332 g/mol. The predicted molar refractivity (Wildman–Crippen MR) is 80.7 cm³/mol. The van der Waals surface area contributed by atoms with Crippen molar-refractivity contribution in [1.29, 1.82) is 0 Å². The largest absolute Gasteiger partial charge is 0.480 e. The Labute approximate surface area is 131 Å². The molecule has 0 aromatic carbocycles. The lowest BCUT2D eigenvalue weighted by atomic mass is 9.94. The third-order valence-electron chi connectivity index (χ3n) is 4.56. The average molecular weight is 332 g/mol. The second-order valence-corrected chi connectivity index (χ2v) is 8.24. The van der Waals surface area contributed by atoms with Crippen LogP contribution in [0.1, 0.15) is 39.0 Å². The van der Waals surface area contributed by atoms with Gasteiger partial charge in [-0.3, -0.25) is 4.79 Å². The molecule has 22 heavy (non-hydrogen) atoms. The van der Waals surface area contributed by atoms with Crippen molar-refractivity contribution in [3.63, 3.8) is 0 Å². The van der Waals surface area contributed by atoms with Gasteiger partial charge >= 0.3 is 5.97 Å². The van der Waals surface area contributed by atoms with Gasteiger partial charge in [0.15, 0.2) is 0 Å². The zero-order valence-corrected chi connectivity index (χ0v) is 13.7. The van der Waals surface area contributed by atoms with E-state index in [4.69, 9.17) is 0 Å². The van der Waals surface area contributed by atoms with Crippen LogP contribution >= 0.6 is 0 Å². The quantitative estimate of drug-likeness (QED) is 0.809. The Hall–Kier alpha value is -1.15. The highest BCUT2D eigenvalue weighted by Crippen LogP contribution is 2.25. The third kappa shape index (κ3) is 3.60. The summed E-state index contributed by atoms with van der Waals surface area (Å²) in [5.74, 6) is -1.57. The van der Waals surface area contributed by atoms with E-state index < -0.39 is 28.0 Å². The summed E-state index contributed by atoms with van der Waals surface area (Å²) in [7, 11) is -3.30. The molecule has 2 aliphatic rings. The fourth-order valence-corrected chi connectivity index (χ4v) is 4.45. The number of carbonyl (C=O) groups is 2. The first-order valence-electron chi connectivity index (χ1n) is 7.88. The molecule has 0 aliphatic carbocycles. The lowest BCUT2D eigenvalue weighted by molar-refractivity contribution is -0.154. The summed E-state index contributed by atoms with van der Waals surface area (Å²) in [4.78, 5) is 25.4. The summed E-state index contributed by atoms with van der Waals surface area (Å²) >= 11 is 0. The zero-order chi connectivity index (χ0) is 16.3. The van der Waals surface area contributed by atoms with Crippen LogP contribution in [0.2, 0.25) is 0 Å². The van der Waals surface area contributed by atoms with Gasteiger partial charge in [0.25, 0.3) is 0 Å². The van der Waals surface area contributed by atoms with E-state index in [2.05, 4.69) is 0 Å². The predicted octanol–water partition coefficient (Wildman–Crippen LogP) is 0.514. The van der Waals surface area contributed by atoms with Crippen LogP contribution in [0.5, 0.6) is 0 Å². The van der Waals surface area contributed by atoms with Crippen LogP contribution < -0.4 is 0 Å². The van der Waals surface area contributed by atoms with Crippen molar-refractivity contribution in [3.8, 4) is 0 Å². The number of sulfonamides is 1. The first-order chi connectivity index (χ1) is 10.4. The van der Waals surface area contributed by atoms with Gasteiger partial charge in [0, 0.05) is 19.6 Å². The molecule has 2 heterocycles. The molecule has 2 rings (SSSR count). The van der Waals surface area contributed by atoms with E-state index in [9.17, 15) is 23.1 Å². The molecule has 2 aliphatic heterocycles. The van der Waals surface area contributed by atoms with E-state index >= 15 is 0 Å². The van der Waals surface area contributed by atoms with E-state index in [1.165, 1.54) is 9.21 Å². The van der Waals surface area contributed by atoms with Crippen LogP contribution in [0.15, 0.2) is 0 Å². The van der Waals surface area contributed by atoms with Gasteiger partial charge in [-0.15, -0.1) is 0 Å². The summed E-state index contributed by atoms with van der Waals surface area (Å²) in [6.45, 7) is 2.67. The van der Waals surface area contributed by atoms with Crippen molar-refractivity contribution < 1.29 is 23.1 Å². The summed E-state index contributed by atoms with van der Waals surface area (Å²) in [6, 6.07) is -0.764. The molecule has 0 radical (unpaired) electrons. The lowest BCUT2D eigenvalue weighted by Gasteiger charge is -2.38. The SMILES string of the molecule is CCS(=O)(=O)N1CCCC(C(=O)N2CCCC[C@@H]2C(=O)O)C1. The second kappa shape index (κ2) is 6.95. The van der Waals surface area contributed by atoms with Crippen LogP contribution in [-0.4, -0.2) is 66.0 Å². The van der Waals surface area contributed by atoms with Crippen molar-refractivity contribution in [2.24, 2.45) is 5.92 Å². The number of carboxylic acids is 1. The number of carbonyl (C=O) groups excluding carboxylic acids is 1. The summed E-state index contributed by atoms with van der Waals surface area (Å²) < 4.78 is 25.3. The number of carboxylic acid groups (broad SMARTS) is 1. The molecular formula is C14H24N2O5S. The maximum atomic E-state index is 12.7. The highest BCUT2D eigenvalue weighted by Gasteiger charge is 2.38. The fraction of sp³-hybridized carbons (Fsp3) is 0.857. The Bertz CT molecular complexity index is 533. The van der Waals surface area contributed by atoms with E-state index in [0.717, 1.165) is 12.8 Å². The van der Waals surface area contributed by atoms with Gasteiger partial charge in [0.2, 0.25) is 15.9 Å². The molecule has 2 fully saturated rings. The molecule has 1 N–H and O–H groups in total. The molecule has 8 heteroatoms. The molecule has 1 unspecified atom stereocenters. The van der Waals surface area contributed by atoms with Crippen molar-refractivity contribution >= 4 is 21.9 Å². The van der Waals surface area contributed by atoms with Crippen molar-refractivity contribution in [1.82, 2.24) is 9.21 Å². The molecule has 1 amide bonds. The number of amides is 1. The Balaban J connectivity index is 2.09. The van der Waals surface area contributed by atoms with Crippen LogP contribution in [0, 0.1) is 5.92 Å². The van der Waals surface area contributed by atoms with E-state index in [-0.39, 0.29) is 18.2 Å². The van der Waals surface area contributed by atoms with Crippen LogP contribution in [0.4, 0.5) is 0 Å². The first-order valence-corrected chi connectivity index (χ1v) is 9.49. The number of nitrogens with zero attached hydrogens (tertiary/aromatic N) is 2. The average Bonchev–Trinajstić information content (AvgIpc) is 2.54. The highest BCUT2D eigenvalue weighted by molar-refractivity contribution is 7.89. The van der Waals surface area contributed by atoms with Gasteiger partial charge in [-0.25, -0.2) is 17.5 Å². The molecule has 7 nitrogen and oxygen atoms in total. The molecule has 2 atom stereocenters. The van der Waals surface area contributed by atoms with E-state index in [1.54, 1.807) is 6.92 Å². The molecular weight excluding hydrogens is 308 g/mol. The standard InChI is InChI=1S/C14H24N2O5S/c1-2-22(20,21)15-8-5-6-11(10-15)13(17)16-9-4-3-7-12(16)14(18)19/h11-12H,2-10H2,1H3,(H,18,19)/t11?,12-/m1/s1. The molecule has 2 saturated heterocycles. The number of hydrogen-bond donors (Lipinski definition) is 1. The fourth-order valence-electron chi connectivity index (χ4n) is 3.27. The van der Waals surface area contributed by atoms with Gasteiger partial charge in [-0.05, 0) is 39.0 Å². The van der Waals surface area contributed by atoms with E-state index in [0.29, 0.717) is 32.4 Å². The number of hydrogen-bond acceptors (Lipinski definition) is 4. The van der Waals surface area contributed by atoms with Gasteiger partial charge in [0.1, 0.15) is 6.04 Å². The van der Waals surface area contributed by atoms with Crippen LogP contribution in [-0.2, 0) is 19.6 Å². The topological polar surface area (TPSA) is 95.0 Å². The number of likely N-dealkylation sites (tertiary alicyclic amines) is 1. The van der Waals surface area contributed by atoms with Gasteiger partial charge in [0.05, 0.1) is 11.7 Å². The lowest BCUT2D eigenvalue weighted by Crippen LogP contribution is -2.53. The second-order valence-electron chi connectivity index (χ2n) is 5.98. The Kier molecular flexibility index (Phi) is 5.44. The van der Waals surface area contributed by atoms with Gasteiger partial charge in [-0.2, -0.15) is 0 Å². The number of rotatable bonds is 4. The minimum atomic E-state index is -3.30. The smallest absolute Gasteiger partial charge is 0.326 e. The molecule has 0 saturated carbocycles. The molecule has 126 valence electrons. The van der Waals surface area contributed by atoms with Crippen molar-refractivity contribution in [2.75, 3.05) is 25.4 Å². The Morgan fingerprint density at radius 2 is 1.86 bits per heavy atom. The summed E-state index contributed by atoms with van der Waals surface area (Å²) in [5.41, 5.74) is 0. The van der Waals surface area contributed by atoms with Gasteiger partial charge < -0.3 is 10.0 Å². The van der Waals surface area contributed by atoms with E-state index in [1.807, 2.05) is 0 Å². The minimum absolute atomic E-state index is 0.0232. The number of piperidine rings is 2. The zero-order valence-electron chi connectivity index (χ0n) is 12.9. The number of aliphatic carboxylic acids is 1. The maximum Gasteiger partial charge on any atom is 0.326 e. The van der Waals surface area contributed by atoms with Crippen molar-refractivity contribution in [2.45, 2.75) is 45.1 Å². The maximum absolute atomic E-state index is 12.7. The Morgan fingerprint density at radius 1 is 1.14 bits per heavy atom. The molecule has 0 spiro atoms. The normalized spacial score (nSPS) is 27.6. The highest BCUT2D eigenvalue weighted by atomic mass is 32.2. The van der Waals surface area contributed by atoms with Gasteiger partial charge in [-0.1, -0.05) is 0 Å². The third-order valence-corrected chi connectivity index (χ3v) is 6.41. The van der Waals surface area contributed by atoms with Crippen LogP contribution in [0.25, 0.3) is 0 Å². The first kappa shape index (κ1) is 17.2. The minimum Gasteiger partial charge on any atom is -0.480 e. The molecule has 0 aromatic rings. The van der Waals surface area contributed by atoms with Crippen molar-refractivity contribution in [3.05, 3.63) is 0 Å². The molecule has 0 bridgehead atoms. The molecule has 0 aromatic heterocycles. The van der Waals surface area contributed by atoms with Crippen LogP contribution in [0.3, 0.4) is 0 Å². The summed E-state index contributed by atoms with van der Waals surface area (Å²) in [5, 5.41) is 9.28. The summed E-state index contributed by atoms with van der Waals surface area (Å²) in [6.07, 6.45) is 3.35. The Morgan fingerprint density at radius 3 is 2.50 bits per heavy atom.